The molecule has 0 aliphatic heterocycles. The van der Waals surface area contributed by atoms with Crippen molar-refractivity contribution < 1.29 is 36.5 Å². The zero-order valence-electron chi connectivity index (χ0n) is 24.8. The van der Waals surface area contributed by atoms with Crippen LogP contribution in [0.5, 0.6) is 0 Å². The van der Waals surface area contributed by atoms with Gasteiger partial charge in [0.15, 0.2) is 0 Å². The molecule has 1 amide bonds. The number of aliphatic hydroxyl groups is 1. The maximum absolute atomic E-state index is 12.5. The molecule has 0 saturated carbocycles. The Morgan fingerprint density at radius 2 is 1.14 bits per heavy atom. The summed E-state index contributed by atoms with van der Waals surface area (Å²) in [5, 5.41) is 9.22. The molecule has 0 radical (unpaired) electrons. The Balaban J connectivity index is 0. The highest BCUT2D eigenvalue weighted by Gasteiger charge is 2.38. The van der Waals surface area contributed by atoms with Crippen molar-refractivity contribution >= 4 is 46.1 Å². The highest BCUT2D eigenvalue weighted by atomic mass is 127. The highest BCUT2D eigenvalue weighted by Crippen LogP contribution is 2.18. The van der Waals surface area contributed by atoms with Gasteiger partial charge in [0.2, 0.25) is 5.91 Å². The van der Waals surface area contributed by atoms with Crippen LogP contribution in [-0.2, 0) is 31.4 Å². The summed E-state index contributed by atoms with van der Waals surface area (Å²) in [5.41, 5.74) is 0. The molecule has 0 fully saturated rings. The molecule has 0 heterocycles. The molecule has 0 aromatic rings. The molecule has 1 N–H and O–H groups in total. The van der Waals surface area contributed by atoms with E-state index in [2.05, 4.69) is 41.3 Å². The van der Waals surface area contributed by atoms with Crippen molar-refractivity contribution in [2.24, 2.45) is 0 Å². The van der Waals surface area contributed by atoms with Crippen LogP contribution in [0.4, 0.5) is 0 Å². The third-order valence-electron chi connectivity index (χ3n) is 5.86. The lowest BCUT2D eigenvalue weighted by molar-refractivity contribution is -0.131. The van der Waals surface area contributed by atoms with Crippen molar-refractivity contribution in [2.75, 3.05) is 82.0 Å². The van der Waals surface area contributed by atoms with Crippen LogP contribution in [0.15, 0.2) is 0 Å². The van der Waals surface area contributed by atoms with Gasteiger partial charge in [-0.25, -0.2) is 0 Å². The molecule has 224 valence electrons. The van der Waals surface area contributed by atoms with Gasteiger partial charge in [-0.2, -0.15) is 0 Å². The van der Waals surface area contributed by atoms with Crippen LogP contribution in [0.2, 0.25) is 12.1 Å². The second-order valence-corrected chi connectivity index (χ2v) is 17.5. The summed E-state index contributed by atoms with van der Waals surface area (Å²) < 4.78 is 34.0. The fraction of sp³-hybridized carbons (Fsp3) is 0.958. The maximum Gasteiger partial charge on any atom is 0.500 e. The van der Waals surface area contributed by atoms with Gasteiger partial charge in [-0.3, -0.25) is 4.79 Å². The lowest BCUT2D eigenvalue weighted by Gasteiger charge is -2.28. The van der Waals surface area contributed by atoms with Crippen molar-refractivity contribution in [1.82, 2.24) is 9.80 Å². The number of amides is 1. The molecule has 0 unspecified atom stereocenters. The standard InChI is InChI=1S/C21H48N2O8Si2.C3H7I/c1-8-13-23(17-18-24)21(25)12-9-14-22(15-10-19-32(26-2,27-3)28-4)16-11-20-33(29-5,30-6)31-7;1-3(2)4/h24H,8-20H2,1-7H3;3H,1-2H3. The lowest BCUT2D eigenvalue weighted by atomic mass is 10.2. The SMILES string of the molecule is CC(C)I.CCCN(CCO)C(=O)CCCN(CCC[Si](OC)(OC)OC)CCC[Si](OC)(OC)OC. The van der Waals surface area contributed by atoms with Gasteiger partial charge in [0.05, 0.1) is 6.61 Å². The van der Waals surface area contributed by atoms with Gasteiger partial charge in [-0.1, -0.05) is 43.4 Å². The van der Waals surface area contributed by atoms with Crippen LogP contribution in [0.1, 0.15) is 52.9 Å². The third-order valence-corrected chi connectivity index (χ3v) is 11.5. The van der Waals surface area contributed by atoms with Crippen molar-refractivity contribution in [2.45, 2.75) is 68.9 Å². The number of carbonyl (C=O) groups excluding carboxylic acids is 1. The summed E-state index contributed by atoms with van der Waals surface area (Å²) in [4.78, 5) is 16.6. The van der Waals surface area contributed by atoms with Crippen LogP contribution in [0, 0.1) is 0 Å². The molecule has 0 atom stereocenters. The predicted octanol–water partition coefficient (Wildman–Crippen LogP) is 3.67. The highest BCUT2D eigenvalue weighted by molar-refractivity contribution is 14.1. The molecule has 0 saturated heterocycles. The number of alkyl halides is 1. The molecular formula is C24H55IN2O8Si2. The number of aliphatic hydroxyl groups excluding tert-OH is 1. The molecule has 37 heavy (non-hydrogen) atoms. The fourth-order valence-corrected chi connectivity index (χ4v) is 7.26. The van der Waals surface area contributed by atoms with E-state index in [9.17, 15) is 9.90 Å². The Morgan fingerprint density at radius 1 is 0.757 bits per heavy atom. The smallest absolute Gasteiger partial charge is 0.395 e. The normalized spacial score (nSPS) is 12.1. The monoisotopic (exact) mass is 682 g/mol. The topological polar surface area (TPSA) is 99.2 Å². The first-order valence-electron chi connectivity index (χ1n) is 13.1. The number of hydrogen-bond acceptors (Lipinski definition) is 9. The van der Waals surface area contributed by atoms with Crippen molar-refractivity contribution in [3.63, 3.8) is 0 Å². The van der Waals surface area contributed by atoms with Crippen molar-refractivity contribution in [1.29, 1.82) is 0 Å². The molecule has 0 rings (SSSR count). The summed E-state index contributed by atoms with van der Waals surface area (Å²) in [6.45, 7) is 9.89. The van der Waals surface area contributed by atoms with Crippen LogP contribution in [0.25, 0.3) is 0 Å². The van der Waals surface area contributed by atoms with Gasteiger partial charge >= 0.3 is 17.6 Å². The lowest BCUT2D eigenvalue weighted by Crippen LogP contribution is -2.44. The van der Waals surface area contributed by atoms with E-state index in [-0.39, 0.29) is 12.5 Å². The van der Waals surface area contributed by atoms with Crippen LogP contribution in [0.3, 0.4) is 0 Å². The zero-order valence-corrected chi connectivity index (χ0v) is 29.0. The van der Waals surface area contributed by atoms with Gasteiger partial charge in [-0.15, -0.1) is 0 Å². The predicted molar refractivity (Wildman–Crippen MR) is 161 cm³/mol. The Kier molecular flexibility index (Phi) is 25.7. The van der Waals surface area contributed by atoms with E-state index in [4.69, 9.17) is 26.6 Å². The number of rotatable bonds is 22. The Labute approximate surface area is 242 Å². The fourth-order valence-electron chi connectivity index (χ4n) is 3.85. The molecular weight excluding hydrogens is 627 g/mol. The molecule has 0 aliphatic carbocycles. The van der Waals surface area contributed by atoms with Gasteiger partial charge in [0.1, 0.15) is 0 Å². The second kappa shape index (κ2) is 24.1. The van der Waals surface area contributed by atoms with E-state index in [1.54, 1.807) is 47.6 Å². The van der Waals surface area contributed by atoms with E-state index >= 15 is 0 Å². The minimum Gasteiger partial charge on any atom is -0.395 e. The largest absolute Gasteiger partial charge is 0.500 e. The van der Waals surface area contributed by atoms with Crippen LogP contribution in [-0.4, -0.2) is 124 Å². The van der Waals surface area contributed by atoms with E-state index in [1.807, 2.05) is 6.92 Å². The first-order valence-corrected chi connectivity index (χ1v) is 18.2. The van der Waals surface area contributed by atoms with Gasteiger partial charge < -0.3 is 41.5 Å². The van der Waals surface area contributed by atoms with Crippen LogP contribution >= 0.6 is 22.6 Å². The average molecular weight is 683 g/mol. The third kappa shape index (κ3) is 18.3. The summed E-state index contributed by atoms with van der Waals surface area (Å²) in [6, 6.07) is 1.44. The minimum absolute atomic E-state index is 0.00780. The molecule has 0 aromatic heterocycles. The average Bonchev–Trinajstić information content (AvgIpc) is 2.89. The Morgan fingerprint density at radius 3 is 1.46 bits per heavy atom. The van der Waals surface area contributed by atoms with Crippen LogP contribution < -0.4 is 0 Å². The first kappa shape index (κ1) is 39.5. The number of nitrogens with zero attached hydrogens (tertiary/aromatic N) is 2. The summed E-state index contributed by atoms with van der Waals surface area (Å²) in [7, 11) is 4.54. The zero-order chi connectivity index (χ0) is 28.7. The molecule has 13 heteroatoms. The Hall–Kier alpha value is 0.314. The number of carbonyl (C=O) groups is 1. The molecule has 0 bridgehead atoms. The number of halogens is 1. The van der Waals surface area contributed by atoms with Crippen molar-refractivity contribution in [3.8, 4) is 0 Å². The second-order valence-electron chi connectivity index (χ2n) is 8.86. The summed E-state index contributed by atoms with van der Waals surface area (Å²) >= 11 is 2.34. The van der Waals surface area contributed by atoms with Gasteiger partial charge in [0, 0.05) is 78.2 Å². The van der Waals surface area contributed by atoms with Crippen molar-refractivity contribution in [3.05, 3.63) is 0 Å². The number of hydrogen-bond donors (Lipinski definition) is 1. The van der Waals surface area contributed by atoms with E-state index in [0.717, 1.165) is 61.3 Å². The quantitative estimate of drug-likeness (QED) is 0.104. The summed E-state index contributed by atoms with van der Waals surface area (Å²) in [6.07, 6.45) is 3.84. The van der Waals surface area contributed by atoms with E-state index in [1.165, 1.54) is 0 Å². The first-order chi connectivity index (χ1) is 17.6. The molecule has 10 nitrogen and oxygen atoms in total. The van der Waals surface area contributed by atoms with E-state index in [0.29, 0.717) is 19.5 Å². The summed E-state index contributed by atoms with van der Waals surface area (Å²) in [5.74, 6) is 0.0972. The molecule has 0 aliphatic rings. The van der Waals surface area contributed by atoms with E-state index < -0.39 is 17.6 Å². The maximum atomic E-state index is 12.5. The Bertz CT molecular complexity index is 494. The minimum atomic E-state index is -2.61. The molecule has 0 aromatic carbocycles. The molecule has 0 spiro atoms. The van der Waals surface area contributed by atoms with Gasteiger partial charge in [-0.05, 0) is 45.3 Å². The van der Waals surface area contributed by atoms with Gasteiger partial charge in [0.25, 0.3) is 0 Å².